The van der Waals surface area contributed by atoms with Crippen molar-refractivity contribution < 1.29 is 4.39 Å². The first-order valence-corrected chi connectivity index (χ1v) is 9.90. The standard InChI is InChI=1S/C24H20FN5O2/c1-15-14-27-30(19-9-7-17(13-26)8-10-19)22(15)21-16(2)29(24(32)28(3)23(21)31)20-6-4-5-18(11-20)12-25/h4-11,14H,12H2,1-3H3. The van der Waals surface area contributed by atoms with Gasteiger partial charge in [0.2, 0.25) is 0 Å². The molecule has 0 saturated carbocycles. The number of nitrogens with zero attached hydrogens (tertiary/aromatic N) is 5. The van der Waals surface area contributed by atoms with E-state index in [4.69, 9.17) is 5.26 Å². The fourth-order valence-corrected chi connectivity index (χ4v) is 3.78. The first-order valence-electron chi connectivity index (χ1n) is 9.90. The Hall–Kier alpha value is -4.25. The van der Waals surface area contributed by atoms with Crippen molar-refractivity contribution in [1.29, 1.82) is 5.26 Å². The average Bonchev–Trinajstić information content (AvgIpc) is 3.19. The highest BCUT2D eigenvalue weighted by molar-refractivity contribution is 5.68. The Labute approximate surface area is 183 Å². The smallest absolute Gasteiger partial charge is 0.268 e. The van der Waals surface area contributed by atoms with Gasteiger partial charge in [0.25, 0.3) is 5.56 Å². The summed E-state index contributed by atoms with van der Waals surface area (Å²) >= 11 is 0. The Bertz CT molecular complexity index is 1490. The van der Waals surface area contributed by atoms with Crippen molar-refractivity contribution in [2.45, 2.75) is 20.5 Å². The summed E-state index contributed by atoms with van der Waals surface area (Å²) in [5.74, 6) is 0. The molecule has 2 aromatic carbocycles. The summed E-state index contributed by atoms with van der Waals surface area (Å²) in [5.41, 5.74) is 3.14. The third-order valence-corrected chi connectivity index (χ3v) is 5.45. The first-order chi connectivity index (χ1) is 15.4. The van der Waals surface area contributed by atoms with Crippen LogP contribution in [0.4, 0.5) is 4.39 Å². The van der Waals surface area contributed by atoms with Crippen LogP contribution < -0.4 is 11.2 Å². The SMILES string of the molecule is Cc1cnn(-c2ccc(C#N)cc2)c1-c1c(C)n(-c2cccc(CF)c2)c(=O)n(C)c1=O. The number of hydrogen-bond acceptors (Lipinski definition) is 4. The number of aromatic nitrogens is 4. The van der Waals surface area contributed by atoms with Crippen molar-refractivity contribution >= 4 is 0 Å². The van der Waals surface area contributed by atoms with E-state index >= 15 is 0 Å². The zero-order chi connectivity index (χ0) is 23.0. The van der Waals surface area contributed by atoms with Crippen molar-refractivity contribution in [3.05, 3.63) is 98.0 Å². The van der Waals surface area contributed by atoms with Gasteiger partial charge in [-0.2, -0.15) is 10.4 Å². The number of halogens is 1. The largest absolute Gasteiger partial charge is 0.335 e. The van der Waals surface area contributed by atoms with Crippen molar-refractivity contribution in [3.63, 3.8) is 0 Å². The molecule has 4 rings (SSSR count). The van der Waals surface area contributed by atoms with Crippen LogP contribution in [0.2, 0.25) is 0 Å². The lowest BCUT2D eigenvalue weighted by atomic mass is 10.1. The number of nitriles is 1. The molecule has 0 saturated heterocycles. The third-order valence-electron chi connectivity index (χ3n) is 5.45. The molecule has 0 aliphatic rings. The number of hydrogen-bond donors (Lipinski definition) is 0. The number of benzene rings is 2. The predicted molar refractivity (Wildman–Crippen MR) is 119 cm³/mol. The molecule has 7 nitrogen and oxygen atoms in total. The summed E-state index contributed by atoms with van der Waals surface area (Å²) in [6, 6.07) is 15.5. The highest BCUT2D eigenvalue weighted by Crippen LogP contribution is 2.27. The molecular formula is C24H20FN5O2. The minimum atomic E-state index is -0.662. The van der Waals surface area contributed by atoms with Crippen LogP contribution in [0.5, 0.6) is 0 Å². The summed E-state index contributed by atoms with van der Waals surface area (Å²) in [7, 11) is 1.42. The molecule has 0 aliphatic carbocycles. The van der Waals surface area contributed by atoms with Crippen molar-refractivity contribution in [1.82, 2.24) is 18.9 Å². The highest BCUT2D eigenvalue weighted by atomic mass is 19.1. The zero-order valence-electron chi connectivity index (χ0n) is 17.8. The van der Waals surface area contributed by atoms with Crippen LogP contribution >= 0.6 is 0 Å². The molecule has 8 heteroatoms. The van der Waals surface area contributed by atoms with Crippen LogP contribution in [0.3, 0.4) is 0 Å². The van der Waals surface area contributed by atoms with Crippen LogP contribution in [0.25, 0.3) is 22.6 Å². The Morgan fingerprint density at radius 3 is 2.44 bits per heavy atom. The molecule has 4 aromatic rings. The van der Waals surface area contributed by atoms with Crippen molar-refractivity contribution in [3.8, 4) is 28.7 Å². The van der Waals surface area contributed by atoms with Gasteiger partial charge in [0.15, 0.2) is 0 Å². The summed E-state index contributed by atoms with van der Waals surface area (Å²) in [6.07, 6.45) is 1.64. The second-order valence-corrected chi connectivity index (χ2v) is 7.49. The molecule has 0 amide bonds. The van der Waals surface area contributed by atoms with Crippen LogP contribution in [0, 0.1) is 25.2 Å². The molecule has 0 radical (unpaired) electrons. The van der Waals surface area contributed by atoms with Gasteiger partial charge in [0, 0.05) is 12.7 Å². The fourth-order valence-electron chi connectivity index (χ4n) is 3.78. The maximum atomic E-state index is 13.3. The van der Waals surface area contributed by atoms with Gasteiger partial charge in [0.05, 0.1) is 40.5 Å². The van der Waals surface area contributed by atoms with E-state index in [1.54, 1.807) is 66.3 Å². The Balaban J connectivity index is 2.03. The summed E-state index contributed by atoms with van der Waals surface area (Å²) in [6.45, 7) is 2.86. The minimum absolute atomic E-state index is 0.317. The van der Waals surface area contributed by atoms with E-state index < -0.39 is 17.9 Å². The molecule has 160 valence electrons. The second kappa shape index (κ2) is 8.12. The minimum Gasteiger partial charge on any atom is -0.268 e. The van der Waals surface area contributed by atoms with E-state index in [1.165, 1.54) is 11.6 Å². The average molecular weight is 429 g/mol. The zero-order valence-corrected chi connectivity index (χ0v) is 17.8. The fraction of sp³-hybridized carbons (Fsp3) is 0.167. The summed E-state index contributed by atoms with van der Waals surface area (Å²) in [4.78, 5) is 26.3. The second-order valence-electron chi connectivity index (χ2n) is 7.49. The molecule has 0 fully saturated rings. The predicted octanol–water partition coefficient (Wildman–Crippen LogP) is 3.35. The van der Waals surface area contributed by atoms with Gasteiger partial charge in [-0.05, 0) is 61.4 Å². The molecule has 32 heavy (non-hydrogen) atoms. The quantitative estimate of drug-likeness (QED) is 0.498. The lowest BCUT2D eigenvalue weighted by Gasteiger charge is -2.17. The number of rotatable bonds is 4. The molecule has 0 unspecified atom stereocenters. The van der Waals surface area contributed by atoms with Gasteiger partial charge in [-0.3, -0.25) is 13.9 Å². The van der Waals surface area contributed by atoms with Gasteiger partial charge in [-0.15, -0.1) is 0 Å². The van der Waals surface area contributed by atoms with Gasteiger partial charge in [-0.25, -0.2) is 13.9 Å². The van der Waals surface area contributed by atoms with E-state index in [-0.39, 0.29) is 0 Å². The van der Waals surface area contributed by atoms with Gasteiger partial charge < -0.3 is 0 Å². The van der Waals surface area contributed by atoms with Crippen molar-refractivity contribution in [2.24, 2.45) is 7.05 Å². The van der Waals surface area contributed by atoms with Crippen LogP contribution in [-0.2, 0) is 13.7 Å². The molecule has 2 aromatic heterocycles. The lowest BCUT2D eigenvalue weighted by Crippen LogP contribution is -2.40. The molecule has 0 aliphatic heterocycles. The van der Waals surface area contributed by atoms with E-state index in [0.29, 0.717) is 39.5 Å². The Kier molecular flexibility index (Phi) is 5.33. The maximum Gasteiger partial charge on any atom is 0.335 e. The number of alkyl halides is 1. The van der Waals surface area contributed by atoms with E-state index in [0.717, 1.165) is 10.1 Å². The monoisotopic (exact) mass is 429 g/mol. The third kappa shape index (κ3) is 3.34. The Morgan fingerprint density at radius 1 is 1.06 bits per heavy atom. The van der Waals surface area contributed by atoms with Crippen LogP contribution in [0.15, 0.2) is 64.3 Å². The molecular weight excluding hydrogens is 409 g/mol. The molecule has 0 bridgehead atoms. The van der Waals surface area contributed by atoms with E-state index in [1.807, 2.05) is 6.92 Å². The topological polar surface area (TPSA) is 85.6 Å². The molecule has 2 heterocycles. The van der Waals surface area contributed by atoms with Crippen LogP contribution in [-0.4, -0.2) is 18.9 Å². The number of aryl methyl sites for hydroxylation is 1. The summed E-state index contributed by atoms with van der Waals surface area (Å²) in [5, 5.41) is 13.5. The summed E-state index contributed by atoms with van der Waals surface area (Å²) < 4.78 is 17.3. The van der Waals surface area contributed by atoms with Gasteiger partial charge in [-0.1, -0.05) is 12.1 Å². The normalized spacial score (nSPS) is 10.8. The van der Waals surface area contributed by atoms with Crippen molar-refractivity contribution in [2.75, 3.05) is 0 Å². The van der Waals surface area contributed by atoms with Gasteiger partial charge >= 0.3 is 5.69 Å². The van der Waals surface area contributed by atoms with Crippen LogP contribution in [0.1, 0.15) is 22.4 Å². The Morgan fingerprint density at radius 2 is 1.78 bits per heavy atom. The maximum absolute atomic E-state index is 13.3. The first kappa shape index (κ1) is 21.0. The van der Waals surface area contributed by atoms with E-state index in [9.17, 15) is 14.0 Å². The van der Waals surface area contributed by atoms with E-state index in [2.05, 4.69) is 11.2 Å². The molecule has 0 spiro atoms. The molecule has 0 N–H and O–H groups in total. The highest BCUT2D eigenvalue weighted by Gasteiger charge is 2.23. The van der Waals surface area contributed by atoms with Gasteiger partial charge in [0.1, 0.15) is 6.67 Å². The molecule has 0 atom stereocenters. The lowest BCUT2D eigenvalue weighted by molar-refractivity contribution is 0.485.